The Balaban J connectivity index is 1.85. The lowest BCUT2D eigenvalue weighted by Crippen LogP contribution is -2.26. The first-order valence-corrected chi connectivity index (χ1v) is 5.43. The van der Waals surface area contributed by atoms with Gasteiger partial charge in [-0.1, -0.05) is 0 Å². The van der Waals surface area contributed by atoms with Gasteiger partial charge in [0.2, 0.25) is 0 Å². The van der Waals surface area contributed by atoms with Crippen molar-refractivity contribution in [3.05, 3.63) is 35.7 Å². The standard InChI is InChI=1S/C11H15N5O/c1-8-5-10(15-16(8)2)11(17)13-4-3-9-6-12-7-14-9/h5-7H,3-4H2,1-2H3,(H,12,14)(H,13,17). The Morgan fingerprint density at radius 3 is 3.00 bits per heavy atom. The summed E-state index contributed by atoms with van der Waals surface area (Å²) in [5.41, 5.74) is 2.42. The van der Waals surface area contributed by atoms with Gasteiger partial charge in [-0.05, 0) is 13.0 Å². The van der Waals surface area contributed by atoms with Crippen LogP contribution in [-0.2, 0) is 13.5 Å². The zero-order chi connectivity index (χ0) is 12.3. The summed E-state index contributed by atoms with van der Waals surface area (Å²) < 4.78 is 1.68. The number of carbonyl (C=O) groups excluding carboxylic acids is 1. The first-order chi connectivity index (χ1) is 8.16. The molecule has 0 atom stereocenters. The smallest absolute Gasteiger partial charge is 0.271 e. The fourth-order valence-corrected chi connectivity index (χ4v) is 1.49. The molecular formula is C11H15N5O. The molecule has 0 saturated carbocycles. The van der Waals surface area contributed by atoms with Crippen LogP contribution in [0.4, 0.5) is 0 Å². The minimum atomic E-state index is -0.145. The van der Waals surface area contributed by atoms with Crippen molar-refractivity contribution >= 4 is 5.91 Å². The van der Waals surface area contributed by atoms with Crippen LogP contribution in [0.15, 0.2) is 18.6 Å². The lowest BCUT2D eigenvalue weighted by Gasteiger charge is -2.01. The number of hydrogen-bond donors (Lipinski definition) is 2. The van der Waals surface area contributed by atoms with Crippen molar-refractivity contribution in [1.82, 2.24) is 25.1 Å². The first kappa shape index (κ1) is 11.4. The third-order valence-electron chi connectivity index (χ3n) is 2.58. The molecule has 2 rings (SSSR count). The monoisotopic (exact) mass is 233 g/mol. The van der Waals surface area contributed by atoms with Crippen LogP contribution in [0.2, 0.25) is 0 Å². The zero-order valence-electron chi connectivity index (χ0n) is 9.90. The number of nitrogens with zero attached hydrogens (tertiary/aromatic N) is 3. The molecule has 0 saturated heterocycles. The molecule has 90 valence electrons. The van der Waals surface area contributed by atoms with E-state index in [9.17, 15) is 4.79 Å². The van der Waals surface area contributed by atoms with Gasteiger partial charge in [0.05, 0.1) is 6.33 Å². The molecule has 0 unspecified atom stereocenters. The molecule has 0 aliphatic carbocycles. The topological polar surface area (TPSA) is 75.6 Å². The predicted octanol–water partition coefficient (Wildman–Crippen LogP) is 0.424. The highest BCUT2D eigenvalue weighted by Crippen LogP contribution is 2.00. The molecule has 0 bridgehead atoms. The highest BCUT2D eigenvalue weighted by molar-refractivity contribution is 5.92. The average molecular weight is 233 g/mol. The Bertz CT molecular complexity index is 480. The maximum atomic E-state index is 11.7. The van der Waals surface area contributed by atoms with Crippen molar-refractivity contribution < 1.29 is 4.79 Å². The largest absolute Gasteiger partial charge is 0.350 e. The Kier molecular flexibility index (Phi) is 3.22. The summed E-state index contributed by atoms with van der Waals surface area (Å²) in [4.78, 5) is 18.6. The Hall–Kier alpha value is -2.11. The molecule has 0 aromatic carbocycles. The van der Waals surface area contributed by atoms with Gasteiger partial charge in [-0.2, -0.15) is 5.10 Å². The van der Waals surface area contributed by atoms with Gasteiger partial charge < -0.3 is 10.3 Å². The molecule has 2 N–H and O–H groups in total. The summed E-state index contributed by atoms with van der Waals surface area (Å²) in [6.45, 7) is 2.48. The molecule has 2 aromatic heterocycles. The fourth-order valence-electron chi connectivity index (χ4n) is 1.49. The van der Waals surface area contributed by atoms with Crippen LogP contribution < -0.4 is 5.32 Å². The Morgan fingerprint density at radius 2 is 2.41 bits per heavy atom. The Labute approximate surface area is 99.1 Å². The third kappa shape index (κ3) is 2.72. The SMILES string of the molecule is Cc1cc(C(=O)NCCc2cnc[nH]2)nn1C. The molecule has 0 aliphatic rings. The van der Waals surface area contributed by atoms with Gasteiger partial charge in [-0.3, -0.25) is 9.48 Å². The number of H-pyrrole nitrogens is 1. The highest BCUT2D eigenvalue weighted by Gasteiger charge is 2.09. The second-order valence-electron chi connectivity index (χ2n) is 3.88. The molecular weight excluding hydrogens is 218 g/mol. The van der Waals surface area contributed by atoms with E-state index >= 15 is 0 Å². The Morgan fingerprint density at radius 1 is 1.59 bits per heavy atom. The number of carbonyl (C=O) groups is 1. The van der Waals surface area contributed by atoms with E-state index in [1.165, 1.54) is 0 Å². The molecule has 1 amide bonds. The van der Waals surface area contributed by atoms with Crippen molar-refractivity contribution in [1.29, 1.82) is 0 Å². The van der Waals surface area contributed by atoms with Crippen LogP contribution in [0.5, 0.6) is 0 Å². The van der Waals surface area contributed by atoms with Gasteiger partial charge in [0.1, 0.15) is 5.69 Å². The predicted molar refractivity (Wildman–Crippen MR) is 62.6 cm³/mol. The fraction of sp³-hybridized carbons (Fsp3) is 0.364. The average Bonchev–Trinajstić information content (AvgIpc) is 2.90. The summed E-state index contributed by atoms with van der Waals surface area (Å²) in [5, 5.41) is 6.93. The van der Waals surface area contributed by atoms with Gasteiger partial charge >= 0.3 is 0 Å². The van der Waals surface area contributed by atoms with Crippen molar-refractivity contribution in [2.45, 2.75) is 13.3 Å². The number of aromatic amines is 1. The van der Waals surface area contributed by atoms with Crippen LogP contribution in [-0.4, -0.2) is 32.2 Å². The summed E-state index contributed by atoms with van der Waals surface area (Å²) in [5.74, 6) is -0.145. The van der Waals surface area contributed by atoms with E-state index < -0.39 is 0 Å². The second-order valence-corrected chi connectivity index (χ2v) is 3.88. The van der Waals surface area contributed by atoms with Crippen LogP contribution in [0, 0.1) is 6.92 Å². The normalized spacial score (nSPS) is 10.5. The van der Waals surface area contributed by atoms with Gasteiger partial charge in [0.25, 0.3) is 5.91 Å². The van der Waals surface area contributed by atoms with Gasteiger partial charge in [0, 0.05) is 37.6 Å². The highest BCUT2D eigenvalue weighted by atomic mass is 16.1. The first-order valence-electron chi connectivity index (χ1n) is 5.43. The van der Waals surface area contributed by atoms with E-state index in [1.807, 2.05) is 14.0 Å². The van der Waals surface area contributed by atoms with E-state index in [4.69, 9.17) is 0 Å². The second kappa shape index (κ2) is 4.82. The van der Waals surface area contributed by atoms with Crippen molar-refractivity contribution in [2.75, 3.05) is 6.54 Å². The molecule has 2 aromatic rings. The lowest BCUT2D eigenvalue weighted by atomic mass is 10.3. The van der Waals surface area contributed by atoms with Gasteiger partial charge in [-0.15, -0.1) is 0 Å². The minimum absolute atomic E-state index is 0.145. The van der Waals surface area contributed by atoms with Crippen LogP contribution in [0.25, 0.3) is 0 Å². The maximum Gasteiger partial charge on any atom is 0.271 e. The van der Waals surface area contributed by atoms with E-state index in [0.717, 1.165) is 17.8 Å². The summed E-state index contributed by atoms with van der Waals surface area (Å²) >= 11 is 0. The third-order valence-corrected chi connectivity index (χ3v) is 2.58. The number of amides is 1. The molecule has 0 aliphatic heterocycles. The van der Waals surface area contributed by atoms with Crippen molar-refractivity contribution in [3.8, 4) is 0 Å². The van der Waals surface area contributed by atoms with E-state index in [-0.39, 0.29) is 5.91 Å². The van der Waals surface area contributed by atoms with Crippen LogP contribution in [0.1, 0.15) is 21.9 Å². The van der Waals surface area contributed by atoms with Crippen molar-refractivity contribution in [2.24, 2.45) is 7.05 Å². The molecule has 6 nitrogen and oxygen atoms in total. The van der Waals surface area contributed by atoms with Crippen LogP contribution in [0.3, 0.4) is 0 Å². The number of aryl methyl sites for hydroxylation is 2. The van der Waals surface area contributed by atoms with E-state index in [0.29, 0.717) is 12.2 Å². The number of hydrogen-bond acceptors (Lipinski definition) is 3. The summed E-state index contributed by atoms with van der Waals surface area (Å²) in [6.07, 6.45) is 4.11. The number of imidazole rings is 1. The summed E-state index contributed by atoms with van der Waals surface area (Å²) in [7, 11) is 1.82. The number of aromatic nitrogens is 4. The number of rotatable bonds is 4. The molecule has 0 fully saturated rings. The maximum absolute atomic E-state index is 11.7. The molecule has 0 spiro atoms. The minimum Gasteiger partial charge on any atom is -0.350 e. The number of nitrogens with one attached hydrogen (secondary N) is 2. The zero-order valence-corrected chi connectivity index (χ0v) is 9.90. The van der Waals surface area contributed by atoms with E-state index in [1.54, 1.807) is 23.3 Å². The van der Waals surface area contributed by atoms with E-state index in [2.05, 4.69) is 20.4 Å². The quantitative estimate of drug-likeness (QED) is 0.803. The molecule has 2 heterocycles. The van der Waals surface area contributed by atoms with Gasteiger partial charge in [-0.25, -0.2) is 4.98 Å². The lowest BCUT2D eigenvalue weighted by molar-refractivity contribution is 0.0948. The summed E-state index contributed by atoms with van der Waals surface area (Å²) in [6, 6.07) is 1.77. The van der Waals surface area contributed by atoms with Gasteiger partial charge in [0.15, 0.2) is 0 Å². The molecule has 0 radical (unpaired) electrons. The molecule has 17 heavy (non-hydrogen) atoms. The van der Waals surface area contributed by atoms with Crippen molar-refractivity contribution in [3.63, 3.8) is 0 Å². The van der Waals surface area contributed by atoms with Crippen LogP contribution >= 0.6 is 0 Å². The molecule has 6 heteroatoms.